The van der Waals surface area contributed by atoms with Crippen LogP contribution in [-0.2, 0) is 4.74 Å². The average molecular weight is 300 g/mol. The van der Waals surface area contributed by atoms with Gasteiger partial charge in [0.25, 0.3) is 11.6 Å². The Morgan fingerprint density at radius 2 is 2.40 bits per heavy atom. The molecule has 1 atom stereocenters. The van der Waals surface area contributed by atoms with E-state index in [1.807, 2.05) is 0 Å². The van der Waals surface area contributed by atoms with Gasteiger partial charge in [-0.25, -0.2) is 0 Å². The molecule has 20 heavy (non-hydrogen) atoms. The Labute approximate surface area is 120 Å². The molecule has 1 unspecified atom stereocenters. The van der Waals surface area contributed by atoms with E-state index >= 15 is 0 Å². The quantitative estimate of drug-likeness (QED) is 0.638. The molecule has 7 nitrogen and oxygen atoms in total. The number of carbonyl (C=O) groups is 1. The number of morpholine rings is 1. The van der Waals surface area contributed by atoms with Gasteiger partial charge >= 0.3 is 0 Å². The zero-order chi connectivity index (χ0) is 14.5. The lowest BCUT2D eigenvalue weighted by Crippen LogP contribution is -2.45. The molecule has 108 valence electrons. The molecule has 1 aromatic rings. The lowest BCUT2D eigenvalue weighted by molar-refractivity contribution is -0.385. The molecule has 0 aliphatic carbocycles. The predicted octanol–water partition coefficient (Wildman–Crippen LogP) is 0.966. The van der Waals surface area contributed by atoms with Gasteiger partial charge in [-0.3, -0.25) is 14.9 Å². The first kappa shape index (κ1) is 14.7. The van der Waals surface area contributed by atoms with E-state index in [1.54, 1.807) is 0 Å². The molecule has 1 aliphatic rings. The lowest BCUT2D eigenvalue weighted by Gasteiger charge is -2.23. The van der Waals surface area contributed by atoms with E-state index in [2.05, 4.69) is 10.6 Å². The fraction of sp³-hybridized carbons (Fsp3) is 0.417. The van der Waals surface area contributed by atoms with Gasteiger partial charge in [-0.1, -0.05) is 11.6 Å². The monoisotopic (exact) mass is 299 g/mol. The minimum atomic E-state index is -0.607. The molecular formula is C12H14ClN3O4. The molecule has 1 aliphatic heterocycles. The van der Waals surface area contributed by atoms with E-state index in [-0.39, 0.29) is 28.9 Å². The third-order valence-corrected chi connectivity index (χ3v) is 3.13. The standard InChI is InChI=1S/C12H14ClN3O4/c13-8-1-2-11(16(18)19)10(5-8)12(17)15-7-9-6-14-3-4-20-9/h1-2,5,9,14H,3-4,6-7H2,(H,15,17). The van der Waals surface area contributed by atoms with E-state index in [0.29, 0.717) is 13.2 Å². The van der Waals surface area contributed by atoms with Crippen LogP contribution in [-0.4, -0.2) is 43.2 Å². The van der Waals surface area contributed by atoms with Crippen LogP contribution in [0.1, 0.15) is 10.4 Å². The Morgan fingerprint density at radius 3 is 3.05 bits per heavy atom. The second-order valence-corrected chi connectivity index (χ2v) is 4.76. The third-order valence-electron chi connectivity index (χ3n) is 2.89. The number of nitro benzene ring substituents is 1. The van der Waals surface area contributed by atoms with Crippen molar-refractivity contribution in [1.29, 1.82) is 0 Å². The summed E-state index contributed by atoms with van der Waals surface area (Å²) in [5, 5.41) is 16.9. The highest BCUT2D eigenvalue weighted by atomic mass is 35.5. The Kier molecular flexibility index (Phi) is 4.89. The summed E-state index contributed by atoms with van der Waals surface area (Å²) in [6.45, 7) is 2.29. The van der Waals surface area contributed by atoms with Gasteiger partial charge in [0.1, 0.15) is 5.56 Å². The zero-order valence-corrected chi connectivity index (χ0v) is 11.4. The van der Waals surface area contributed by atoms with Crippen LogP contribution < -0.4 is 10.6 Å². The number of nitrogens with zero attached hydrogens (tertiary/aromatic N) is 1. The van der Waals surface area contributed by atoms with Crippen LogP contribution in [0.4, 0.5) is 5.69 Å². The number of amides is 1. The second-order valence-electron chi connectivity index (χ2n) is 4.33. The topological polar surface area (TPSA) is 93.5 Å². The van der Waals surface area contributed by atoms with Gasteiger partial charge in [0, 0.05) is 30.7 Å². The number of ether oxygens (including phenoxy) is 1. The van der Waals surface area contributed by atoms with Crippen molar-refractivity contribution in [2.45, 2.75) is 6.10 Å². The zero-order valence-electron chi connectivity index (χ0n) is 10.6. The second kappa shape index (κ2) is 6.65. The van der Waals surface area contributed by atoms with Crippen molar-refractivity contribution in [3.63, 3.8) is 0 Å². The summed E-state index contributed by atoms with van der Waals surface area (Å²) in [7, 11) is 0. The molecule has 1 saturated heterocycles. The Morgan fingerprint density at radius 1 is 1.60 bits per heavy atom. The van der Waals surface area contributed by atoms with Gasteiger partial charge < -0.3 is 15.4 Å². The maximum absolute atomic E-state index is 12.0. The molecular weight excluding hydrogens is 286 g/mol. The molecule has 0 saturated carbocycles. The highest BCUT2D eigenvalue weighted by Gasteiger charge is 2.22. The number of nitrogens with one attached hydrogen (secondary N) is 2. The Bertz CT molecular complexity index is 517. The van der Waals surface area contributed by atoms with E-state index in [0.717, 1.165) is 6.54 Å². The molecule has 1 heterocycles. The van der Waals surface area contributed by atoms with E-state index in [1.165, 1.54) is 18.2 Å². The van der Waals surface area contributed by atoms with Gasteiger partial charge in [-0.2, -0.15) is 0 Å². The number of hydrogen-bond acceptors (Lipinski definition) is 5. The summed E-state index contributed by atoms with van der Waals surface area (Å²) in [5.74, 6) is -0.534. The lowest BCUT2D eigenvalue weighted by atomic mass is 10.1. The van der Waals surface area contributed by atoms with Crippen molar-refractivity contribution in [1.82, 2.24) is 10.6 Å². The summed E-state index contributed by atoms with van der Waals surface area (Å²) in [6.07, 6.45) is -0.133. The van der Waals surface area contributed by atoms with Gasteiger partial charge in [-0.15, -0.1) is 0 Å². The Balaban J connectivity index is 2.04. The first-order valence-electron chi connectivity index (χ1n) is 6.12. The number of rotatable bonds is 4. The summed E-state index contributed by atoms with van der Waals surface area (Å²) in [6, 6.07) is 3.88. The van der Waals surface area contributed by atoms with Crippen molar-refractivity contribution in [3.8, 4) is 0 Å². The van der Waals surface area contributed by atoms with Crippen molar-refractivity contribution < 1.29 is 14.5 Å². The molecule has 0 bridgehead atoms. The van der Waals surface area contributed by atoms with Gasteiger partial charge in [-0.05, 0) is 12.1 Å². The Hall–Kier alpha value is -1.70. The summed E-state index contributed by atoms with van der Waals surface area (Å²) in [5.41, 5.74) is -0.319. The number of carbonyl (C=O) groups excluding carboxylic acids is 1. The van der Waals surface area contributed by atoms with E-state index < -0.39 is 10.8 Å². The first-order chi connectivity index (χ1) is 9.58. The van der Waals surface area contributed by atoms with Crippen LogP contribution >= 0.6 is 11.6 Å². The number of benzene rings is 1. The van der Waals surface area contributed by atoms with Crippen LogP contribution in [0.5, 0.6) is 0 Å². The fourth-order valence-electron chi connectivity index (χ4n) is 1.90. The van der Waals surface area contributed by atoms with Crippen molar-refractivity contribution in [2.24, 2.45) is 0 Å². The molecule has 0 spiro atoms. The van der Waals surface area contributed by atoms with E-state index in [9.17, 15) is 14.9 Å². The normalized spacial score (nSPS) is 18.6. The highest BCUT2D eigenvalue weighted by molar-refractivity contribution is 6.31. The molecule has 1 aromatic carbocycles. The van der Waals surface area contributed by atoms with E-state index in [4.69, 9.17) is 16.3 Å². The fourth-order valence-corrected chi connectivity index (χ4v) is 2.07. The molecule has 1 fully saturated rings. The van der Waals surface area contributed by atoms with Crippen molar-refractivity contribution >= 4 is 23.2 Å². The number of nitro groups is 1. The average Bonchev–Trinajstić information content (AvgIpc) is 2.45. The summed E-state index contributed by atoms with van der Waals surface area (Å²) < 4.78 is 5.43. The molecule has 1 amide bonds. The van der Waals surface area contributed by atoms with Crippen LogP contribution in [0.2, 0.25) is 5.02 Å². The SMILES string of the molecule is O=C(NCC1CNCCO1)c1cc(Cl)ccc1[N+](=O)[O-]. The summed E-state index contributed by atoms with van der Waals surface area (Å²) >= 11 is 5.78. The molecule has 0 aromatic heterocycles. The maximum Gasteiger partial charge on any atom is 0.282 e. The van der Waals surface area contributed by atoms with Crippen LogP contribution in [0.3, 0.4) is 0 Å². The molecule has 8 heteroatoms. The van der Waals surface area contributed by atoms with Gasteiger partial charge in [0.05, 0.1) is 17.6 Å². The summed E-state index contributed by atoms with van der Waals surface area (Å²) in [4.78, 5) is 22.3. The molecule has 2 N–H and O–H groups in total. The predicted molar refractivity (Wildman–Crippen MR) is 73.0 cm³/mol. The van der Waals surface area contributed by atoms with Crippen LogP contribution in [0.15, 0.2) is 18.2 Å². The maximum atomic E-state index is 12.0. The number of hydrogen-bond donors (Lipinski definition) is 2. The third kappa shape index (κ3) is 3.66. The highest BCUT2D eigenvalue weighted by Crippen LogP contribution is 2.22. The molecule has 2 rings (SSSR count). The van der Waals surface area contributed by atoms with Crippen LogP contribution in [0, 0.1) is 10.1 Å². The van der Waals surface area contributed by atoms with Crippen LogP contribution in [0.25, 0.3) is 0 Å². The van der Waals surface area contributed by atoms with Crippen molar-refractivity contribution in [2.75, 3.05) is 26.2 Å². The van der Waals surface area contributed by atoms with Gasteiger partial charge in [0.15, 0.2) is 0 Å². The minimum Gasteiger partial charge on any atom is -0.374 e. The molecule has 0 radical (unpaired) electrons. The largest absolute Gasteiger partial charge is 0.374 e. The first-order valence-corrected chi connectivity index (χ1v) is 6.50. The smallest absolute Gasteiger partial charge is 0.282 e. The number of halogens is 1. The minimum absolute atomic E-state index is 0.0498. The van der Waals surface area contributed by atoms with Gasteiger partial charge in [0.2, 0.25) is 0 Å². The van der Waals surface area contributed by atoms with Crippen molar-refractivity contribution in [3.05, 3.63) is 38.9 Å².